The Morgan fingerprint density at radius 2 is 1.75 bits per heavy atom. The minimum Gasteiger partial charge on any atom is -0.453 e. The predicted molar refractivity (Wildman–Crippen MR) is 137 cm³/mol. The topological polar surface area (TPSA) is 147 Å². The fraction of sp³-hybridized carbons (Fsp3) is 0.292. The van der Waals surface area contributed by atoms with Crippen molar-refractivity contribution in [1.82, 2.24) is 15.6 Å². The minimum absolute atomic E-state index is 0.174. The van der Waals surface area contributed by atoms with Crippen molar-refractivity contribution >= 4 is 39.3 Å². The number of rotatable bonds is 11. The third kappa shape index (κ3) is 8.04. The van der Waals surface area contributed by atoms with Crippen LogP contribution in [-0.2, 0) is 39.1 Å². The van der Waals surface area contributed by atoms with Crippen molar-refractivity contribution in [3.05, 3.63) is 81.8 Å². The highest BCUT2D eigenvalue weighted by Crippen LogP contribution is 2.26. The van der Waals surface area contributed by atoms with Crippen LogP contribution in [0.2, 0.25) is 0 Å². The van der Waals surface area contributed by atoms with Crippen molar-refractivity contribution in [3.8, 4) is 0 Å². The van der Waals surface area contributed by atoms with Crippen molar-refractivity contribution in [2.45, 2.75) is 38.3 Å². The Bertz CT molecular complexity index is 1280. The molecule has 3 rings (SSSR count). The number of hydrogen-bond acceptors (Lipinski definition) is 7. The lowest BCUT2D eigenvalue weighted by Gasteiger charge is -2.23. The standard InChI is InChI=1S/C24H28N4O6S2/c1-3-22-25-21(15-35-22)19(14-17-11-7-8-12-18(17)28-36(31,32)33)26-23(29)20(27-24(30)34-2)13-16-9-5-4-6-10-16/h4-12,15,19-20,28H,3,13-14H2,1-2H3,(H,26,29)(H,27,30)(H,31,32,33). The van der Waals surface area contributed by atoms with E-state index in [9.17, 15) is 22.6 Å². The summed E-state index contributed by atoms with van der Waals surface area (Å²) in [6.45, 7) is 1.97. The molecule has 0 saturated carbocycles. The number of nitrogens with zero attached hydrogens (tertiary/aromatic N) is 1. The van der Waals surface area contributed by atoms with Gasteiger partial charge in [-0.05, 0) is 23.6 Å². The molecule has 0 aliphatic heterocycles. The van der Waals surface area contributed by atoms with Crippen molar-refractivity contribution < 1.29 is 27.3 Å². The van der Waals surface area contributed by atoms with Crippen molar-refractivity contribution in [3.63, 3.8) is 0 Å². The molecular formula is C24H28N4O6S2. The molecule has 0 fully saturated rings. The van der Waals surface area contributed by atoms with Gasteiger partial charge in [-0.1, -0.05) is 55.5 Å². The number of aryl methyl sites for hydroxylation is 1. The smallest absolute Gasteiger partial charge is 0.407 e. The van der Waals surface area contributed by atoms with Gasteiger partial charge in [0, 0.05) is 18.2 Å². The average molecular weight is 533 g/mol. The Morgan fingerprint density at radius 1 is 1.06 bits per heavy atom. The van der Waals surface area contributed by atoms with E-state index in [1.165, 1.54) is 24.5 Å². The number of hydrogen-bond donors (Lipinski definition) is 4. The van der Waals surface area contributed by atoms with Crippen LogP contribution in [0.5, 0.6) is 0 Å². The number of carbonyl (C=O) groups excluding carboxylic acids is 2. The van der Waals surface area contributed by atoms with E-state index >= 15 is 0 Å². The summed E-state index contributed by atoms with van der Waals surface area (Å²) in [7, 11) is -3.28. The van der Waals surface area contributed by atoms with Gasteiger partial charge in [0.25, 0.3) is 0 Å². The maximum atomic E-state index is 13.4. The monoisotopic (exact) mass is 532 g/mol. The number of methoxy groups -OCH3 is 1. The second kappa shape index (κ2) is 12.5. The predicted octanol–water partition coefficient (Wildman–Crippen LogP) is 3.29. The van der Waals surface area contributed by atoms with Crippen LogP contribution in [0.15, 0.2) is 60.0 Å². The van der Waals surface area contributed by atoms with Crippen molar-refractivity contribution in [2.75, 3.05) is 11.8 Å². The highest BCUT2D eigenvalue weighted by atomic mass is 32.2. The molecule has 3 aromatic rings. The number of alkyl carbamates (subject to hydrolysis) is 1. The number of carbonyl (C=O) groups is 2. The summed E-state index contributed by atoms with van der Waals surface area (Å²) < 4.78 is 38.9. The van der Waals surface area contributed by atoms with Crippen LogP contribution < -0.4 is 15.4 Å². The number of thiazole rings is 1. The molecule has 0 aliphatic carbocycles. The SMILES string of the molecule is CCc1nc(C(Cc2ccccc2NS(=O)(=O)O)NC(=O)C(Cc2ccccc2)NC(=O)OC)cs1. The van der Waals surface area contributed by atoms with E-state index in [4.69, 9.17) is 4.74 Å². The first-order valence-corrected chi connectivity index (χ1v) is 13.5. The van der Waals surface area contributed by atoms with E-state index in [1.807, 2.05) is 42.6 Å². The molecule has 2 aromatic carbocycles. The van der Waals surface area contributed by atoms with Gasteiger partial charge in [-0.2, -0.15) is 8.42 Å². The molecule has 2 atom stereocenters. The van der Waals surface area contributed by atoms with E-state index in [0.717, 1.165) is 10.6 Å². The molecule has 0 saturated heterocycles. The highest BCUT2D eigenvalue weighted by Gasteiger charge is 2.27. The van der Waals surface area contributed by atoms with Gasteiger partial charge in [0.2, 0.25) is 5.91 Å². The zero-order valence-corrected chi connectivity index (χ0v) is 21.4. The molecule has 0 spiro atoms. The number of nitrogens with one attached hydrogen (secondary N) is 3. The molecule has 0 radical (unpaired) electrons. The molecular weight excluding hydrogens is 504 g/mol. The third-order valence-electron chi connectivity index (χ3n) is 5.30. The number of aromatic nitrogens is 1. The molecule has 1 aromatic heterocycles. The fourth-order valence-corrected chi connectivity index (χ4v) is 4.84. The quantitative estimate of drug-likeness (QED) is 0.277. The highest BCUT2D eigenvalue weighted by molar-refractivity contribution is 7.87. The number of ether oxygens (including phenoxy) is 1. The van der Waals surface area contributed by atoms with Crippen LogP contribution in [0.3, 0.4) is 0 Å². The van der Waals surface area contributed by atoms with Gasteiger partial charge in [-0.3, -0.25) is 14.1 Å². The first-order chi connectivity index (χ1) is 17.2. The van der Waals surface area contributed by atoms with Gasteiger partial charge < -0.3 is 15.4 Å². The van der Waals surface area contributed by atoms with Gasteiger partial charge in [0.05, 0.1) is 29.5 Å². The van der Waals surface area contributed by atoms with E-state index in [0.29, 0.717) is 17.7 Å². The fourth-order valence-electron chi connectivity index (χ4n) is 3.57. The number of para-hydroxylation sites is 1. The van der Waals surface area contributed by atoms with Crippen LogP contribution in [0.1, 0.15) is 34.8 Å². The average Bonchev–Trinajstić information content (AvgIpc) is 3.33. The van der Waals surface area contributed by atoms with Crippen LogP contribution in [-0.4, -0.2) is 43.1 Å². The van der Waals surface area contributed by atoms with E-state index < -0.39 is 34.4 Å². The maximum Gasteiger partial charge on any atom is 0.407 e. The normalized spacial score (nSPS) is 12.9. The van der Waals surface area contributed by atoms with Crippen molar-refractivity contribution in [2.24, 2.45) is 0 Å². The third-order valence-corrected chi connectivity index (χ3v) is 6.79. The molecule has 36 heavy (non-hydrogen) atoms. The zero-order valence-electron chi connectivity index (χ0n) is 19.8. The molecule has 12 heteroatoms. The summed E-state index contributed by atoms with van der Waals surface area (Å²) in [5.74, 6) is -0.458. The number of benzene rings is 2. The van der Waals surface area contributed by atoms with Crippen LogP contribution in [0.25, 0.3) is 0 Å². The minimum atomic E-state index is -4.50. The van der Waals surface area contributed by atoms with E-state index in [1.54, 1.807) is 18.2 Å². The van der Waals surface area contributed by atoms with E-state index in [2.05, 4.69) is 20.3 Å². The van der Waals surface area contributed by atoms with E-state index in [-0.39, 0.29) is 18.5 Å². The molecule has 1 heterocycles. The summed E-state index contributed by atoms with van der Waals surface area (Å²) >= 11 is 1.45. The Balaban J connectivity index is 1.90. The second-order valence-electron chi connectivity index (χ2n) is 7.90. The largest absolute Gasteiger partial charge is 0.453 e. The molecule has 2 amide bonds. The first-order valence-electron chi connectivity index (χ1n) is 11.1. The van der Waals surface area contributed by atoms with Gasteiger partial charge >= 0.3 is 16.4 Å². The second-order valence-corrected chi connectivity index (χ2v) is 9.99. The molecule has 2 unspecified atom stereocenters. The Labute approximate surface area is 214 Å². The Kier molecular flexibility index (Phi) is 9.39. The van der Waals surface area contributed by atoms with Crippen LogP contribution >= 0.6 is 11.3 Å². The summed E-state index contributed by atoms with van der Waals surface area (Å²) in [4.78, 5) is 30.0. The van der Waals surface area contributed by atoms with Gasteiger partial charge in [-0.25, -0.2) is 9.78 Å². The number of amides is 2. The summed E-state index contributed by atoms with van der Waals surface area (Å²) in [6.07, 6.45) is 0.375. The van der Waals surface area contributed by atoms with Gasteiger partial charge in [0.15, 0.2) is 0 Å². The van der Waals surface area contributed by atoms with Crippen LogP contribution in [0.4, 0.5) is 10.5 Å². The number of anilines is 1. The molecule has 192 valence electrons. The lowest BCUT2D eigenvalue weighted by atomic mass is 10.0. The lowest BCUT2D eigenvalue weighted by molar-refractivity contribution is -0.123. The van der Waals surface area contributed by atoms with Crippen LogP contribution in [0, 0.1) is 0 Å². The summed E-state index contributed by atoms with van der Waals surface area (Å²) in [5.41, 5.74) is 2.16. The lowest BCUT2D eigenvalue weighted by Crippen LogP contribution is -2.49. The zero-order chi connectivity index (χ0) is 26.1. The Morgan fingerprint density at radius 3 is 2.39 bits per heavy atom. The molecule has 4 N–H and O–H groups in total. The Hall–Kier alpha value is -3.48. The first kappa shape index (κ1) is 27.1. The van der Waals surface area contributed by atoms with Crippen molar-refractivity contribution in [1.29, 1.82) is 0 Å². The maximum absolute atomic E-state index is 13.4. The van der Waals surface area contributed by atoms with Gasteiger partial charge in [0.1, 0.15) is 6.04 Å². The summed E-state index contributed by atoms with van der Waals surface area (Å²) in [5, 5.41) is 8.25. The molecule has 0 aliphatic rings. The molecule has 10 nitrogen and oxygen atoms in total. The molecule has 0 bridgehead atoms. The van der Waals surface area contributed by atoms with Gasteiger partial charge in [-0.15, -0.1) is 11.3 Å². The summed E-state index contributed by atoms with van der Waals surface area (Å²) in [6, 6.07) is 14.2.